The van der Waals surface area contributed by atoms with Gasteiger partial charge in [0.2, 0.25) is 0 Å². The summed E-state index contributed by atoms with van der Waals surface area (Å²) in [6, 6.07) is 10.0. The number of fused-ring (bicyclic) bond motifs is 3. The van der Waals surface area contributed by atoms with Gasteiger partial charge in [0.15, 0.2) is 5.82 Å². The Hall–Kier alpha value is -1.78. The molecule has 20 heavy (non-hydrogen) atoms. The Morgan fingerprint density at radius 2 is 1.95 bits per heavy atom. The smallest absolute Gasteiger partial charge is 0.153 e. The van der Waals surface area contributed by atoms with Crippen molar-refractivity contribution in [1.29, 1.82) is 0 Å². The zero-order valence-corrected chi connectivity index (χ0v) is 11.8. The molecular weight excluding hydrogens is 272 g/mol. The van der Waals surface area contributed by atoms with Crippen molar-refractivity contribution in [3.8, 4) is 0 Å². The van der Waals surface area contributed by atoms with Crippen LogP contribution in [0.4, 0.5) is 5.82 Å². The monoisotopic (exact) mass is 286 g/mol. The standard InChI is InChI=1S/C15H15ClN4/c16-11-3-4-12-14(10-11)20-7-1-2-13(20)15(18-12)19-8-5-17-6-9-19/h1-4,7,10,17H,5-6,8-9H2. The predicted octanol–water partition coefficient (Wildman–Crippen LogP) is 2.55. The van der Waals surface area contributed by atoms with Crippen LogP contribution in [0.15, 0.2) is 36.5 Å². The van der Waals surface area contributed by atoms with Crippen molar-refractivity contribution < 1.29 is 0 Å². The molecule has 0 atom stereocenters. The number of hydrogen-bond donors (Lipinski definition) is 1. The summed E-state index contributed by atoms with van der Waals surface area (Å²) in [7, 11) is 0. The number of piperazine rings is 1. The predicted molar refractivity (Wildman–Crippen MR) is 82.8 cm³/mol. The summed E-state index contributed by atoms with van der Waals surface area (Å²) in [6.45, 7) is 4.00. The lowest BCUT2D eigenvalue weighted by Gasteiger charge is -2.29. The Balaban J connectivity index is 1.99. The second kappa shape index (κ2) is 4.65. The van der Waals surface area contributed by atoms with Gasteiger partial charge < -0.3 is 14.6 Å². The molecule has 0 spiro atoms. The van der Waals surface area contributed by atoms with Crippen molar-refractivity contribution in [3.63, 3.8) is 0 Å². The number of anilines is 1. The molecule has 2 aromatic heterocycles. The summed E-state index contributed by atoms with van der Waals surface area (Å²) < 4.78 is 2.17. The molecule has 0 aliphatic carbocycles. The first-order chi connectivity index (χ1) is 9.83. The zero-order valence-electron chi connectivity index (χ0n) is 11.0. The van der Waals surface area contributed by atoms with Gasteiger partial charge in [0.05, 0.1) is 16.6 Å². The number of benzene rings is 1. The lowest BCUT2D eigenvalue weighted by molar-refractivity contribution is 0.586. The van der Waals surface area contributed by atoms with Crippen molar-refractivity contribution in [3.05, 3.63) is 41.6 Å². The first kappa shape index (κ1) is 12.0. The van der Waals surface area contributed by atoms with E-state index in [0.29, 0.717) is 0 Å². The fourth-order valence-electron chi connectivity index (χ4n) is 2.84. The molecule has 1 aromatic carbocycles. The summed E-state index contributed by atoms with van der Waals surface area (Å²) in [4.78, 5) is 7.21. The van der Waals surface area contributed by atoms with Gasteiger partial charge in [-0.1, -0.05) is 11.6 Å². The number of aromatic nitrogens is 2. The first-order valence-electron chi connectivity index (χ1n) is 6.85. The Bertz CT molecular complexity index is 774. The van der Waals surface area contributed by atoms with Gasteiger partial charge in [-0.05, 0) is 30.3 Å². The third kappa shape index (κ3) is 1.84. The van der Waals surface area contributed by atoms with Crippen LogP contribution in [0, 0.1) is 0 Å². The summed E-state index contributed by atoms with van der Waals surface area (Å²) in [6.07, 6.45) is 2.07. The van der Waals surface area contributed by atoms with Gasteiger partial charge in [0.25, 0.3) is 0 Å². The molecule has 1 aliphatic rings. The SMILES string of the molecule is Clc1ccc2nc(N3CCNCC3)c3cccn3c2c1. The van der Waals surface area contributed by atoms with Crippen molar-refractivity contribution >= 4 is 34.0 Å². The molecule has 102 valence electrons. The zero-order chi connectivity index (χ0) is 13.5. The van der Waals surface area contributed by atoms with E-state index in [0.717, 1.165) is 53.6 Å². The van der Waals surface area contributed by atoms with E-state index in [1.54, 1.807) is 0 Å². The highest BCUT2D eigenvalue weighted by Gasteiger charge is 2.16. The molecule has 4 nitrogen and oxygen atoms in total. The highest BCUT2D eigenvalue weighted by atomic mass is 35.5. The van der Waals surface area contributed by atoms with Gasteiger partial charge in [0, 0.05) is 37.4 Å². The second-order valence-electron chi connectivity index (χ2n) is 5.07. The maximum absolute atomic E-state index is 6.11. The van der Waals surface area contributed by atoms with E-state index < -0.39 is 0 Å². The van der Waals surface area contributed by atoms with E-state index in [4.69, 9.17) is 16.6 Å². The minimum absolute atomic E-state index is 0.740. The molecule has 0 bridgehead atoms. The van der Waals surface area contributed by atoms with Gasteiger partial charge in [-0.3, -0.25) is 0 Å². The van der Waals surface area contributed by atoms with Crippen molar-refractivity contribution in [2.45, 2.75) is 0 Å². The lowest BCUT2D eigenvalue weighted by Crippen LogP contribution is -2.44. The number of halogens is 1. The number of rotatable bonds is 1. The van der Waals surface area contributed by atoms with Gasteiger partial charge in [-0.2, -0.15) is 0 Å². The molecule has 0 unspecified atom stereocenters. The third-order valence-electron chi connectivity index (χ3n) is 3.82. The van der Waals surface area contributed by atoms with E-state index in [9.17, 15) is 0 Å². The summed E-state index contributed by atoms with van der Waals surface area (Å²) >= 11 is 6.11. The van der Waals surface area contributed by atoms with Gasteiger partial charge >= 0.3 is 0 Å². The maximum atomic E-state index is 6.11. The van der Waals surface area contributed by atoms with Gasteiger partial charge in [-0.25, -0.2) is 4.98 Å². The van der Waals surface area contributed by atoms with Crippen molar-refractivity contribution in [2.75, 3.05) is 31.1 Å². The molecule has 1 saturated heterocycles. The Kier molecular flexibility index (Phi) is 2.79. The molecule has 4 rings (SSSR count). The number of nitrogens with zero attached hydrogens (tertiary/aromatic N) is 3. The van der Waals surface area contributed by atoms with Crippen LogP contribution in [0.2, 0.25) is 5.02 Å². The van der Waals surface area contributed by atoms with Crippen LogP contribution in [0.5, 0.6) is 0 Å². The molecule has 0 saturated carbocycles. The maximum Gasteiger partial charge on any atom is 0.153 e. The van der Waals surface area contributed by atoms with E-state index in [2.05, 4.69) is 32.9 Å². The van der Waals surface area contributed by atoms with Crippen molar-refractivity contribution in [1.82, 2.24) is 14.7 Å². The largest absolute Gasteiger partial charge is 0.352 e. The molecule has 0 amide bonds. The number of hydrogen-bond acceptors (Lipinski definition) is 3. The van der Waals surface area contributed by atoms with E-state index in [1.165, 1.54) is 0 Å². The van der Waals surface area contributed by atoms with Crippen LogP contribution in [0.25, 0.3) is 16.6 Å². The Labute approximate surface area is 122 Å². The van der Waals surface area contributed by atoms with Gasteiger partial charge in [-0.15, -0.1) is 0 Å². The average Bonchev–Trinajstić information content (AvgIpc) is 2.97. The lowest BCUT2D eigenvalue weighted by atomic mass is 10.2. The van der Waals surface area contributed by atoms with Crippen LogP contribution in [0.3, 0.4) is 0 Å². The van der Waals surface area contributed by atoms with Crippen LogP contribution in [-0.4, -0.2) is 35.6 Å². The minimum Gasteiger partial charge on any atom is -0.352 e. The topological polar surface area (TPSA) is 32.6 Å². The molecule has 3 aromatic rings. The average molecular weight is 287 g/mol. The molecule has 1 aliphatic heterocycles. The van der Waals surface area contributed by atoms with E-state index in [-0.39, 0.29) is 0 Å². The van der Waals surface area contributed by atoms with Crippen LogP contribution in [-0.2, 0) is 0 Å². The van der Waals surface area contributed by atoms with Crippen LogP contribution in [0.1, 0.15) is 0 Å². The number of nitrogens with one attached hydrogen (secondary N) is 1. The van der Waals surface area contributed by atoms with Gasteiger partial charge in [0.1, 0.15) is 0 Å². The molecule has 5 heteroatoms. The summed E-state index contributed by atoms with van der Waals surface area (Å²) in [5.74, 6) is 1.06. The molecule has 1 fully saturated rings. The normalized spacial score (nSPS) is 16.1. The molecule has 0 radical (unpaired) electrons. The summed E-state index contributed by atoms with van der Waals surface area (Å²) in [5, 5.41) is 4.12. The fourth-order valence-corrected chi connectivity index (χ4v) is 3.00. The third-order valence-corrected chi connectivity index (χ3v) is 4.05. The fraction of sp³-hybridized carbons (Fsp3) is 0.267. The quantitative estimate of drug-likeness (QED) is 0.746. The Morgan fingerprint density at radius 1 is 1.10 bits per heavy atom. The first-order valence-corrected chi connectivity index (χ1v) is 7.23. The van der Waals surface area contributed by atoms with E-state index in [1.807, 2.05) is 18.2 Å². The summed E-state index contributed by atoms with van der Waals surface area (Å²) in [5.41, 5.74) is 3.17. The minimum atomic E-state index is 0.740. The second-order valence-corrected chi connectivity index (χ2v) is 5.51. The highest BCUT2D eigenvalue weighted by Crippen LogP contribution is 2.27. The van der Waals surface area contributed by atoms with Crippen molar-refractivity contribution in [2.24, 2.45) is 0 Å². The molecule has 1 N–H and O–H groups in total. The van der Waals surface area contributed by atoms with Crippen LogP contribution >= 0.6 is 11.6 Å². The molecule has 3 heterocycles. The van der Waals surface area contributed by atoms with E-state index >= 15 is 0 Å². The molecular formula is C15H15ClN4. The highest BCUT2D eigenvalue weighted by molar-refractivity contribution is 6.31. The van der Waals surface area contributed by atoms with Crippen LogP contribution < -0.4 is 10.2 Å². The Morgan fingerprint density at radius 3 is 2.80 bits per heavy atom.